The highest BCUT2D eigenvalue weighted by Gasteiger charge is 2.18. The van der Waals surface area contributed by atoms with Crippen LogP contribution in [0.4, 0.5) is 5.69 Å². The minimum absolute atomic E-state index is 0.0250. The zero-order valence-corrected chi connectivity index (χ0v) is 13.7. The number of anilines is 1. The van der Waals surface area contributed by atoms with E-state index in [1.165, 1.54) is 13.1 Å². The summed E-state index contributed by atoms with van der Waals surface area (Å²) < 4.78 is 32.8. The number of nitrogen functional groups attached to an aromatic ring is 1. The molecule has 21 heavy (non-hydrogen) atoms. The van der Waals surface area contributed by atoms with E-state index < -0.39 is 10.0 Å². The Kier molecular flexibility index (Phi) is 4.87. The van der Waals surface area contributed by atoms with Gasteiger partial charge >= 0.3 is 0 Å². The molecule has 112 valence electrons. The van der Waals surface area contributed by atoms with Gasteiger partial charge in [-0.05, 0) is 31.3 Å². The van der Waals surface area contributed by atoms with Gasteiger partial charge in [-0.15, -0.1) is 0 Å². The maximum absolute atomic E-state index is 12.0. The molecule has 2 aromatic carbocycles. The SMILES string of the molecule is CNS(=O)(=O)c1cc(N)ccc1OCc1ccccc1Br. The van der Waals surface area contributed by atoms with Crippen LogP contribution in [0.25, 0.3) is 0 Å². The molecular formula is C14H15BrN2O3S. The molecule has 0 atom stereocenters. The van der Waals surface area contributed by atoms with Crippen LogP contribution in [0.5, 0.6) is 5.75 Å². The summed E-state index contributed by atoms with van der Waals surface area (Å²) in [5, 5.41) is 0. The number of hydrogen-bond acceptors (Lipinski definition) is 4. The molecule has 0 aromatic heterocycles. The van der Waals surface area contributed by atoms with Gasteiger partial charge in [-0.1, -0.05) is 34.1 Å². The molecule has 0 aliphatic heterocycles. The first-order valence-electron chi connectivity index (χ1n) is 6.13. The Morgan fingerprint density at radius 1 is 1.24 bits per heavy atom. The maximum Gasteiger partial charge on any atom is 0.244 e. The number of nitrogens with two attached hydrogens (primary N) is 1. The zero-order chi connectivity index (χ0) is 15.5. The summed E-state index contributed by atoms with van der Waals surface area (Å²) in [5.74, 6) is 0.259. The van der Waals surface area contributed by atoms with Gasteiger partial charge in [0.05, 0.1) is 0 Å². The van der Waals surface area contributed by atoms with Gasteiger partial charge in [-0.2, -0.15) is 0 Å². The average molecular weight is 371 g/mol. The number of benzene rings is 2. The van der Waals surface area contributed by atoms with Crippen LogP contribution in [-0.2, 0) is 16.6 Å². The van der Waals surface area contributed by atoms with E-state index in [2.05, 4.69) is 20.7 Å². The Morgan fingerprint density at radius 2 is 1.95 bits per heavy atom. The lowest BCUT2D eigenvalue weighted by Crippen LogP contribution is -2.19. The predicted molar refractivity (Wildman–Crippen MR) is 85.6 cm³/mol. The number of hydrogen-bond donors (Lipinski definition) is 2. The van der Waals surface area contributed by atoms with Crippen LogP contribution < -0.4 is 15.2 Å². The standard InChI is InChI=1S/C14H15BrN2O3S/c1-17-21(18,19)14-8-11(16)6-7-13(14)20-9-10-4-2-3-5-12(10)15/h2-8,17H,9,16H2,1H3. The van der Waals surface area contributed by atoms with Crippen LogP contribution in [-0.4, -0.2) is 15.5 Å². The first kappa shape index (κ1) is 15.8. The Morgan fingerprint density at radius 3 is 2.62 bits per heavy atom. The number of rotatable bonds is 5. The molecule has 2 rings (SSSR count). The molecule has 0 fully saturated rings. The van der Waals surface area contributed by atoms with Gasteiger partial charge in [0.15, 0.2) is 0 Å². The summed E-state index contributed by atoms with van der Waals surface area (Å²) in [6, 6.07) is 12.1. The summed E-state index contributed by atoms with van der Waals surface area (Å²) in [6.45, 7) is 0.248. The van der Waals surface area contributed by atoms with Crippen molar-refractivity contribution in [3.63, 3.8) is 0 Å². The van der Waals surface area contributed by atoms with Crippen LogP contribution in [0.15, 0.2) is 51.8 Å². The van der Waals surface area contributed by atoms with Gasteiger partial charge < -0.3 is 10.5 Å². The quantitative estimate of drug-likeness (QED) is 0.792. The van der Waals surface area contributed by atoms with Crippen LogP contribution in [0.1, 0.15) is 5.56 Å². The highest BCUT2D eigenvalue weighted by Crippen LogP contribution is 2.27. The number of halogens is 1. The second-order valence-corrected chi connectivity index (χ2v) is 7.00. The summed E-state index contributed by atoms with van der Waals surface area (Å²) >= 11 is 3.42. The van der Waals surface area contributed by atoms with Crippen molar-refractivity contribution in [2.45, 2.75) is 11.5 Å². The molecule has 0 saturated carbocycles. The molecule has 2 aromatic rings. The van der Waals surface area contributed by atoms with Crippen molar-refractivity contribution in [2.24, 2.45) is 0 Å². The predicted octanol–water partition coefficient (Wildman–Crippen LogP) is 2.52. The molecule has 7 heteroatoms. The topological polar surface area (TPSA) is 81.4 Å². The largest absolute Gasteiger partial charge is 0.487 e. The summed E-state index contributed by atoms with van der Waals surface area (Å²) in [6.07, 6.45) is 0. The fraction of sp³-hybridized carbons (Fsp3) is 0.143. The molecule has 0 saturated heterocycles. The van der Waals surface area contributed by atoms with E-state index in [4.69, 9.17) is 10.5 Å². The Bertz CT molecular complexity index is 748. The normalized spacial score (nSPS) is 11.3. The second-order valence-electron chi connectivity index (χ2n) is 4.29. The minimum Gasteiger partial charge on any atom is -0.487 e. The Balaban J connectivity index is 2.31. The second kappa shape index (κ2) is 6.46. The van der Waals surface area contributed by atoms with Crippen LogP contribution in [0.3, 0.4) is 0 Å². The van der Waals surface area contributed by atoms with Gasteiger partial charge in [0.1, 0.15) is 17.3 Å². The van der Waals surface area contributed by atoms with E-state index in [-0.39, 0.29) is 17.3 Å². The molecule has 0 aliphatic carbocycles. The molecule has 0 heterocycles. The van der Waals surface area contributed by atoms with E-state index in [0.717, 1.165) is 10.0 Å². The fourth-order valence-electron chi connectivity index (χ4n) is 1.73. The third-order valence-electron chi connectivity index (χ3n) is 2.87. The monoisotopic (exact) mass is 370 g/mol. The fourth-order valence-corrected chi connectivity index (χ4v) is 3.04. The molecule has 0 bridgehead atoms. The van der Waals surface area contributed by atoms with Crippen LogP contribution >= 0.6 is 15.9 Å². The van der Waals surface area contributed by atoms with Crippen molar-refractivity contribution in [3.8, 4) is 5.75 Å². The lowest BCUT2D eigenvalue weighted by atomic mass is 10.2. The third kappa shape index (κ3) is 3.75. The molecule has 0 amide bonds. The first-order valence-corrected chi connectivity index (χ1v) is 8.41. The van der Waals surface area contributed by atoms with E-state index in [0.29, 0.717) is 5.69 Å². The van der Waals surface area contributed by atoms with E-state index in [1.807, 2.05) is 24.3 Å². The molecule has 3 N–H and O–H groups in total. The minimum atomic E-state index is -3.63. The average Bonchev–Trinajstić information content (AvgIpc) is 2.47. The Hall–Kier alpha value is -1.57. The molecule has 0 unspecified atom stereocenters. The highest BCUT2D eigenvalue weighted by atomic mass is 79.9. The molecular weight excluding hydrogens is 356 g/mol. The van der Waals surface area contributed by atoms with Crippen molar-refractivity contribution in [1.29, 1.82) is 0 Å². The maximum atomic E-state index is 12.0. The van der Waals surface area contributed by atoms with Crippen molar-refractivity contribution >= 4 is 31.6 Å². The lowest BCUT2D eigenvalue weighted by molar-refractivity contribution is 0.297. The number of ether oxygens (including phenoxy) is 1. The van der Waals surface area contributed by atoms with E-state index >= 15 is 0 Å². The summed E-state index contributed by atoms with van der Waals surface area (Å²) in [4.78, 5) is 0.0250. The summed E-state index contributed by atoms with van der Waals surface area (Å²) in [7, 11) is -2.29. The smallest absolute Gasteiger partial charge is 0.244 e. The van der Waals surface area contributed by atoms with Crippen molar-refractivity contribution in [1.82, 2.24) is 4.72 Å². The highest BCUT2D eigenvalue weighted by molar-refractivity contribution is 9.10. The molecule has 5 nitrogen and oxygen atoms in total. The van der Waals surface area contributed by atoms with Gasteiger partial charge in [0, 0.05) is 15.7 Å². The third-order valence-corrected chi connectivity index (χ3v) is 5.08. The van der Waals surface area contributed by atoms with E-state index in [9.17, 15) is 8.42 Å². The molecule has 0 spiro atoms. The van der Waals surface area contributed by atoms with Crippen molar-refractivity contribution < 1.29 is 13.2 Å². The molecule has 0 radical (unpaired) electrons. The van der Waals surface area contributed by atoms with Gasteiger partial charge in [-0.3, -0.25) is 0 Å². The van der Waals surface area contributed by atoms with Crippen LogP contribution in [0, 0.1) is 0 Å². The number of nitrogens with one attached hydrogen (secondary N) is 1. The van der Waals surface area contributed by atoms with Gasteiger partial charge in [-0.25, -0.2) is 13.1 Å². The van der Waals surface area contributed by atoms with Crippen molar-refractivity contribution in [3.05, 3.63) is 52.5 Å². The van der Waals surface area contributed by atoms with Crippen LogP contribution in [0.2, 0.25) is 0 Å². The van der Waals surface area contributed by atoms with Crippen molar-refractivity contribution in [2.75, 3.05) is 12.8 Å². The lowest BCUT2D eigenvalue weighted by Gasteiger charge is -2.13. The zero-order valence-electron chi connectivity index (χ0n) is 11.3. The van der Waals surface area contributed by atoms with Gasteiger partial charge in [0.2, 0.25) is 10.0 Å². The van der Waals surface area contributed by atoms with E-state index in [1.54, 1.807) is 12.1 Å². The van der Waals surface area contributed by atoms with Gasteiger partial charge in [0.25, 0.3) is 0 Å². The Labute approximate surface area is 132 Å². The summed E-state index contributed by atoms with van der Waals surface area (Å²) in [5.41, 5.74) is 6.93. The first-order chi connectivity index (χ1) is 9.94. The molecule has 0 aliphatic rings. The number of sulfonamides is 1.